The first-order valence-corrected chi connectivity index (χ1v) is 8.07. The Morgan fingerprint density at radius 2 is 1.78 bits per heavy atom. The highest BCUT2D eigenvalue weighted by Gasteiger charge is 2.05. The van der Waals surface area contributed by atoms with Crippen LogP contribution in [0.1, 0.15) is 5.56 Å². The van der Waals surface area contributed by atoms with Crippen molar-refractivity contribution in [2.45, 2.75) is 6.92 Å². The zero-order chi connectivity index (χ0) is 16.2. The van der Waals surface area contributed by atoms with E-state index in [9.17, 15) is 4.39 Å². The molecule has 3 rings (SSSR count). The molecule has 0 bridgehead atoms. The minimum atomic E-state index is -0.333. The van der Waals surface area contributed by atoms with Crippen molar-refractivity contribution in [2.75, 3.05) is 23.7 Å². The minimum absolute atomic E-state index is 0.333. The summed E-state index contributed by atoms with van der Waals surface area (Å²) < 4.78 is 14.6. The second-order valence-corrected chi connectivity index (χ2v) is 6.15. The highest BCUT2D eigenvalue weighted by molar-refractivity contribution is 9.10. The smallest absolute Gasteiger partial charge is 0.150 e. The number of aromatic nitrogens is 2. The number of rotatable bonds is 5. The summed E-state index contributed by atoms with van der Waals surface area (Å²) in [6, 6.07) is 10.9. The largest absolute Gasteiger partial charge is 0.368 e. The van der Waals surface area contributed by atoms with Crippen molar-refractivity contribution in [3.05, 3.63) is 58.4 Å². The summed E-state index contributed by atoms with van der Waals surface area (Å²) in [5, 5.41) is 7.16. The molecular weight excluding hydrogens is 359 g/mol. The Morgan fingerprint density at radius 3 is 2.52 bits per heavy atom. The number of nitrogens with one attached hydrogen (secondary N) is 2. The van der Waals surface area contributed by atoms with Crippen LogP contribution in [0.5, 0.6) is 0 Å². The highest BCUT2D eigenvalue weighted by Crippen LogP contribution is 2.23. The van der Waals surface area contributed by atoms with Crippen LogP contribution in [-0.4, -0.2) is 23.1 Å². The van der Waals surface area contributed by atoms with E-state index in [1.807, 2.05) is 43.5 Å². The van der Waals surface area contributed by atoms with Crippen LogP contribution in [0.25, 0.3) is 10.9 Å². The molecule has 0 saturated heterocycles. The fourth-order valence-electron chi connectivity index (χ4n) is 2.21. The Bertz CT molecular complexity index is 821. The number of fused-ring (bicyclic) bond motifs is 1. The maximum atomic E-state index is 13.9. The topological polar surface area (TPSA) is 49.8 Å². The molecule has 1 aromatic carbocycles. The molecule has 23 heavy (non-hydrogen) atoms. The Kier molecular flexibility index (Phi) is 4.71. The fourth-order valence-corrected chi connectivity index (χ4v) is 2.66. The predicted octanol–water partition coefficient (Wildman–Crippen LogP) is 4.36. The van der Waals surface area contributed by atoms with Gasteiger partial charge in [-0.1, -0.05) is 22.0 Å². The molecule has 0 unspecified atom stereocenters. The number of nitrogens with zero attached hydrogens (tertiary/aromatic N) is 2. The lowest BCUT2D eigenvalue weighted by Gasteiger charge is -2.09. The zero-order valence-electron chi connectivity index (χ0n) is 12.6. The normalized spacial score (nSPS) is 10.7. The van der Waals surface area contributed by atoms with Gasteiger partial charge in [0.25, 0.3) is 0 Å². The van der Waals surface area contributed by atoms with Gasteiger partial charge in [0.1, 0.15) is 17.2 Å². The molecule has 0 atom stereocenters. The van der Waals surface area contributed by atoms with Gasteiger partial charge >= 0.3 is 0 Å². The summed E-state index contributed by atoms with van der Waals surface area (Å²) in [5.74, 6) is 1.15. The summed E-state index contributed by atoms with van der Waals surface area (Å²) in [5.41, 5.74) is 1.49. The third-order valence-corrected chi connectivity index (χ3v) is 3.82. The number of halogens is 2. The van der Waals surface area contributed by atoms with Gasteiger partial charge in [0.05, 0.1) is 0 Å². The third-order valence-electron chi connectivity index (χ3n) is 3.36. The molecule has 0 spiro atoms. The number of anilines is 2. The van der Waals surface area contributed by atoms with Gasteiger partial charge in [-0.3, -0.25) is 0 Å². The summed E-state index contributed by atoms with van der Waals surface area (Å²) in [6.45, 7) is 3.35. The minimum Gasteiger partial charge on any atom is -0.368 e. The third kappa shape index (κ3) is 3.96. The van der Waals surface area contributed by atoms with Crippen LogP contribution in [0, 0.1) is 12.7 Å². The van der Waals surface area contributed by atoms with Crippen molar-refractivity contribution in [1.82, 2.24) is 9.97 Å². The number of pyridine rings is 2. The molecule has 2 aromatic heterocycles. The quantitative estimate of drug-likeness (QED) is 0.651. The second kappa shape index (κ2) is 6.91. The number of hydrogen-bond donors (Lipinski definition) is 2. The van der Waals surface area contributed by atoms with E-state index in [1.165, 1.54) is 6.07 Å². The Hall–Kier alpha value is -2.21. The zero-order valence-corrected chi connectivity index (χ0v) is 14.2. The number of aryl methyl sites for hydroxylation is 1. The van der Waals surface area contributed by atoms with Gasteiger partial charge in [0.15, 0.2) is 5.82 Å². The molecule has 0 amide bonds. The van der Waals surface area contributed by atoms with E-state index in [1.54, 1.807) is 0 Å². The van der Waals surface area contributed by atoms with Crippen LogP contribution in [0.4, 0.5) is 16.0 Å². The van der Waals surface area contributed by atoms with Crippen LogP contribution in [0.15, 0.2) is 47.1 Å². The van der Waals surface area contributed by atoms with Crippen LogP contribution < -0.4 is 10.6 Å². The molecule has 0 radical (unpaired) electrons. The van der Waals surface area contributed by atoms with Crippen molar-refractivity contribution >= 4 is 38.5 Å². The fraction of sp³-hybridized carbons (Fsp3) is 0.176. The van der Waals surface area contributed by atoms with Crippen LogP contribution >= 0.6 is 15.9 Å². The molecule has 0 aliphatic carbocycles. The van der Waals surface area contributed by atoms with Gasteiger partial charge < -0.3 is 10.6 Å². The molecule has 0 saturated carbocycles. The molecular formula is C17H16BrFN4. The Balaban J connectivity index is 1.60. The lowest BCUT2D eigenvalue weighted by molar-refractivity contribution is 0.636. The number of benzene rings is 1. The van der Waals surface area contributed by atoms with E-state index in [4.69, 9.17) is 0 Å². The lowest BCUT2D eigenvalue weighted by atomic mass is 10.2. The van der Waals surface area contributed by atoms with Crippen LogP contribution in [0.2, 0.25) is 0 Å². The van der Waals surface area contributed by atoms with Crippen molar-refractivity contribution in [3.8, 4) is 0 Å². The van der Waals surface area contributed by atoms with E-state index in [0.717, 1.165) is 16.8 Å². The molecule has 0 aliphatic rings. The molecule has 118 valence electrons. The first-order chi connectivity index (χ1) is 11.1. The van der Waals surface area contributed by atoms with Crippen molar-refractivity contribution < 1.29 is 4.39 Å². The molecule has 3 aromatic rings. The summed E-state index contributed by atoms with van der Waals surface area (Å²) in [6.07, 6.45) is 1.82. The SMILES string of the molecule is Cc1ccc(NCCNc2ccc3cc(Br)cc(F)c3n2)nc1. The van der Waals surface area contributed by atoms with Crippen LogP contribution in [-0.2, 0) is 0 Å². The first kappa shape index (κ1) is 15.7. The maximum absolute atomic E-state index is 13.9. The van der Waals surface area contributed by atoms with E-state index < -0.39 is 0 Å². The summed E-state index contributed by atoms with van der Waals surface area (Å²) in [7, 11) is 0. The molecule has 0 aliphatic heterocycles. The van der Waals surface area contributed by atoms with E-state index in [-0.39, 0.29) is 5.82 Å². The van der Waals surface area contributed by atoms with Gasteiger partial charge in [0, 0.05) is 29.1 Å². The molecule has 6 heteroatoms. The molecule has 0 fully saturated rings. The molecule has 4 nitrogen and oxygen atoms in total. The van der Waals surface area contributed by atoms with Crippen molar-refractivity contribution in [1.29, 1.82) is 0 Å². The van der Waals surface area contributed by atoms with E-state index >= 15 is 0 Å². The average molecular weight is 375 g/mol. The molecule has 2 N–H and O–H groups in total. The predicted molar refractivity (Wildman–Crippen MR) is 95.4 cm³/mol. The lowest BCUT2D eigenvalue weighted by Crippen LogP contribution is -2.15. The van der Waals surface area contributed by atoms with Gasteiger partial charge in [-0.2, -0.15) is 0 Å². The monoisotopic (exact) mass is 374 g/mol. The van der Waals surface area contributed by atoms with E-state index in [0.29, 0.717) is 28.9 Å². The highest BCUT2D eigenvalue weighted by atomic mass is 79.9. The Morgan fingerprint density at radius 1 is 1.04 bits per heavy atom. The summed E-state index contributed by atoms with van der Waals surface area (Å²) >= 11 is 3.28. The van der Waals surface area contributed by atoms with Crippen molar-refractivity contribution in [3.63, 3.8) is 0 Å². The summed E-state index contributed by atoms with van der Waals surface area (Å²) in [4.78, 5) is 8.60. The van der Waals surface area contributed by atoms with Gasteiger partial charge in [-0.05, 0) is 42.8 Å². The Labute approximate surface area is 142 Å². The molecule has 2 heterocycles. The van der Waals surface area contributed by atoms with Gasteiger partial charge in [0.2, 0.25) is 0 Å². The van der Waals surface area contributed by atoms with Gasteiger partial charge in [-0.15, -0.1) is 0 Å². The standard InChI is InChI=1S/C17H16BrFN4/c1-11-2-4-15(22-10-11)20-6-7-21-16-5-3-12-8-13(18)9-14(19)17(12)23-16/h2-5,8-10H,6-7H2,1H3,(H,20,22)(H,21,23). The maximum Gasteiger partial charge on any atom is 0.150 e. The average Bonchev–Trinajstić information content (AvgIpc) is 2.53. The number of hydrogen-bond acceptors (Lipinski definition) is 4. The van der Waals surface area contributed by atoms with E-state index in [2.05, 4.69) is 36.5 Å². The van der Waals surface area contributed by atoms with Crippen LogP contribution in [0.3, 0.4) is 0 Å². The van der Waals surface area contributed by atoms with Crippen molar-refractivity contribution in [2.24, 2.45) is 0 Å². The second-order valence-electron chi connectivity index (χ2n) is 5.23. The van der Waals surface area contributed by atoms with Gasteiger partial charge in [-0.25, -0.2) is 14.4 Å². The first-order valence-electron chi connectivity index (χ1n) is 7.28.